The minimum atomic E-state index is -0.293. The summed E-state index contributed by atoms with van der Waals surface area (Å²) in [6.45, 7) is 2.50. The number of aromatic amines is 1. The Balaban J connectivity index is 2.35. The predicted octanol–water partition coefficient (Wildman–Crippen LogP) is 0.0829. The number of aromatic nitrogens is 3. The van der Waals surface area contributed by atoms with Gasteiger partial charge >= 0.3 is 0 Å². The second-order valence-corrected chi connectivity index (χ2v) is 2.66. The molecule has 0 fully saturated rings. The highest BCUT2D eigenvalue weighted by atomic mass is 16.2. The van der Waals surface area contributed by atoms with Gasteiger partial charge < -0.3 is 11.1 Å². The largest absolute Gasteiger partial charge is 0.366 e. The Hall–Kier alpha value is -1.85. The lowest BCUT2D eigenvalue weighted by atomic mass is 10.4. The summed E-state index contributed by atoms with van der Waals surface area (Å²) in [7, 11) is 0. The zero-order chi connectivity index (χ0) is 10.4. The van der Waals surface area contributed by atoms with Gasteiger partial charge in [0.1, 0.15) is 0 Å². The van der Waals surface area contributed by atoms with E-state index < -0.39 is 0 Å². The number of hydrogen-bond donors (Lipinski definition) is 3. The van der Waals surface area contributed by atoms with Crippen molar-refractivity contribution in [2.45, 2.75) is 13.3 Å². The highest BCUT2D eigenvalue weighted by molar-refractivity contribution is 5.90. The van der Waals surface area contributed by atoms with Crippen molar-refractivity contribution in [1.82, 2.24) is 20.5 Å². The molecule has 1 heterocycles. The summed E-state index contributed by atoms with van der Waals surface area (Å²) < 4.78 is 0. The molecule has 0 aliphatic carbocycles. The molecule has 0 bridgehead atoms. The number of nitrogens with zero attached hydrogens (tertiary/aromatic N) is 2. The number of rotatable bonds is 4. The fourth-order valence-corrected chi connectivity index (χ4v) is 0.896. The molecule has 6 heteroatoms. The second kappa shape index (κ2) is 5.00. The monoisotopic (exact) mass is 195 g/mol. The molecule has 6 nitrogen and oxygen atoms in total. The van der Waals surface area contributed by atoms with Crippen molar-refractivity contribution >= 4 is 11.9 Å². The Morgan fingerprint density at radius 3 is 3.07 bits per heavy atom. The zero-order valence-electron chi connectivity index (χ0n) is 7.95. The maximum absolute atomic E-state index is 11.3. The molecule has 14 heavy (non-hydrogen) atoms. The van der Waals surface area contributed by atoms with Crippen molar-refractivity contribution in [3.05, 3.63) is 18.0 Å². The summed E-state index contributed by atoms with van der Waals surface area (Å²) in [5, 5.41) is 8.65. The van der Waals surface area contributed by atoms with Gasteiger partial charge in [0.15, 0.2) is 0 Å². The molecule has 0 saturated heterocycles. The molecule has 4 N–H and O–H groups in total. The summed E-state index contributed by atoms with van der Waals surface area (Å²) in [6, 6.07) is 0. The molecular formula is C8H13N5O. The smallest absolute Gasteiger partial charge is 0.288 e. The molecule has 1 amide bonds. The maximum atomic E-state index is 11.3. The van der Waals surface area contributed by atoms with Gasteiger partial charge in [0.2, 0.25) is 11.8 Å². The van der Waals surface area contributed by atoms with E-state index in [-0.39, 0.29) is 17.7 Å². The predicted molar refractivity (Wildman–Crippen MR) is 52.6 cm³/mol. The molecule has 1 aromatic heterocycles. The fourth-order valence-electron chi connectivity index (χ4n) is 0.896. The average molecular weight is 195 g/mol. The number of amides is 1. The number of anilines is 1. The number of carbonyl (C=O) groups is 1. The van der Waals surface area contributed by atoms with E-state index >= 15 is 0 Å². The Kier molecular flexibility index (Phi) is 3.66. The number of carbonyl (C=O) groups excluding carboxylic acids is 1. The van der Waals surface area contributed by atoms with Crippen LogP contribution in [-0.2, 0) is 0 Å². The zero-order valence-corrected chi connectivity index (χ0v) is 7.95. The third-order valence-corrected chi connectivity index (χ3v) is 1.55. The summed E-state index contributed by atoms with van der Waals surface area (Å²) in [4.78, 5) is 15.0. The summed E-state index contributed by atoms with van der Waals surface area (Å²) in [5.41, 5.74) is 5.25. The van der Waals surface area contributed by atoms with Gasteiger partial charge in [-0.1, -0.05) is 12.2 Å². The standard InChI is InChI=1S/C8H13N5O/c1-2-3-4-5-10-7(14)6-11-8(9)13-12-6/h2-3H,4-5H2,1H3,(H,10,14)(H3,9,11,12,13)/b3-2+. The van der Waals surface area contributed by atoms with Crippen molar-refractivity contribution in [3.63, 3.8) is 0 Å². The average Bonchev–Trinajstić information content (AvgIpc) is 2.59. The van der Waals surface area contributed by atoms with E-state index in [0.717, 1.165) is 6.42 Å². The number of nitrogen functional groups attached to an aromatic ring is 1. The van der Waals surface area contributed by atoms with Crippen molar-refractivity contribution in [3.8, 4) is 0 Å². The number of H-pyrrole nitrogens is 1. The van der Waals surface area contributed by atoms with Crippen LogP contribution in [-0.4, -0.2) is 27.6 Å². The fraction of sp³-hybridized carbons (Fsp3) is 0.375. The molecule has 76 valence electrons. The van der Waals surface area contributed by atoms with Crippen molar-refractivity contribution in [2.75, 3.05) is 12.3 Å². The number of allylic oxidation sites excluding steroid dienone is 1. The van der Waals surface area contributed by atoms with Gasteiger partial charge in [-0.3, -0.25) is 9.89 Å². The van der Waals surface area contributed by atoms with E-state index in [1.807, 2.05) is 19.1 Å². The minimum Gasteiger partial charge on any atom is -0.366 e. The minimum absolute atomic E-state index is 0.0728. The highest BCUT2D eigenvalue weighted by Crippen LogP contribution is 1.92. The Morgan fingerprint density at radius 2 is 2.50 bits per heavy atom. The summed E-state index contributed by atoms with van der Waals surface area (Å²) in [6.07, 6.45) is 4.69. The molecule has 0 saturated carbocycles. The van der Waals surface area contributed by atoms with E-state index in [2.05, 4.69) is 20.5 Å². The first-order valence-corrected chi connectivity index (χ1v) is 4.31. The molecule has 0 radical (unpaired) electrons. The Morgan fingerprint density at radius 1 is 1.71 bits per heavy atom. The quantitative estimate of drug-likeness (QED) is 0.468. The lowest BCUT2D eigenvalue weighted by Crippen LogP contribution is -2.25. The molecule has 1 rings (SSSR count). The number of nitrogens with two attached hydrogens (primary N) is 1. The van der Waals surface area contributed by atoms with Crippen molar-refractivity contribution < 1.29 is 4.79 Å². The molecule has 0 unspecified atom stereocenters. The van der Waals surface area contributed by atoms with Crippen LogP contribution in [0.5, 0.6) is 0 Å². The Labute approximate surface area is 81.6 Å². The van der Waals surface area contributed by atoms with E-state index in [1.165, 1.54) is 0 Å². The van der Waals surface area contributed by atoms with Crippen molar-refractivity contribution in [1.29, 1.82) is 0 Å². The van der Waals surface area contributed by atoms with Crippen LogP contribution in [0, 0.1) is 0 Å². The third-order valence-electron chi connectivity index (χ3n) is 1.55. The van der Waals surface area contributed by atoms with Crippen LogP contribution in [0.15, 0.2) is 12.2 Å². The van der Waals surface area contributed by atoms with Crippen molar-refractivity contribution in [2.24, 2.45) is 0 Å². The van der Waals surface area contributed by atoms with Gasteiger partial charge in [0, 0.05) is 6.54 Å². The molecule has 0 spiro atoms. The van der Waals surface area contributed by atoms with Crippen LogP contribution in [0.25, 0.3) is 0 Å². The summed E-state index contributed by atoms with van der Waals surface area (Å²) in [5.74, 6) is -0.0784. The van der Waals surface area contributed by atoms with E-state index in [1.54, 1.807) is 0 Å². The van der Waals surface area contributed by atoms with Crippen LogP contribution >= 0.6 is 0 Å². The van der Waals surface area contributed by atoms with Gasteiger partial charge in [0.25, 0.3) is 5.91 Å². The van der Waals surface area contributed by atoms with Crippen LogP contribution in [0.4, 0.5) is 5.95 Å². The lowest BCUT2D eigenvalue weighted by Gasteiger charge is -1.98. The molecule has 0 aliphatic heterocycles. The molecule has 1 aromatic rings. The van der Waals surface area contributed by atoms with Crippen LogP contribution in [0.2, 0.25) is 0 Å². The van der Waals surface area contributed by atoms with Crippen LogP contribution < -0.4 is 11.1 Å². The first kappa shape index (κ1) is 10.2. The lowest BCUT2D eigenvalue weighted by molar-refractivity contribution is 0.0944. The second-order valence-electron chi connectivity index (χ2n) is 2.66. The van der Waals surface area contributed by atoms with Crippen LogP contribution in [0.1, 0.15) is 24.0 Å². The third kappa shape index (κ3) is 2.89. The maximum Gasteiger partial charge on any atom is 0.288 e. The SMILES string of the molecule is C/C=C/CCNC(=O)c1nc(N)n[nH]1. The van der Waals surface area contributed by atoms with E-state index in [0.29, 0.717) is 6.54 Å². The Bertz CT molecular complexity index is 330. The molecule has 0 aliphatic rings. The number of hydrogen-bond acceptors (Lipinski definition) is 4. The van der Waals surface area contributed by atoms with Gasteiger partial charge in [-0.25, -0.2) is 0 Å². The van der Waals surface area contributed by atoms with Gasteiger partial charge in [-0.15, -0.1) is 5.10 Å². The van der Waals surface area contributed by atoms with Gasteiger partial charge in [0.05, 0.1) is 0 Å². The van der Waals surface area contributed by atoms with E-state index in [4.69, 9.17) is 5.73 Å². The number of nitrogens with one attached hydrogen (secondary N) is 2. The van der Waals surface area contributed by atoms with Gasteiger partial charge in [-0.2, -0.15) is 4.98 Å². The van der Waals surface area contributed by atoms with Gasteiger partial charge in [-0.05, 0) is 13.3 Å². The molecule has 0 atom stereocenters. The topological polar surface area (TPSA) is 96.7 Å². The normalized spacial score (nSPS) is 10.6. The van der Waals surface area contributed by atoms with E-state index in [9.17, 15) is 4.79 Å². The molecule has 0 aromatic carbocycles. The highest BCUT2D eigenvalue weighted by Gasteiger charge is 2.08. The first-order chi connectivity index (χ1) is 6.74. The molecular weight excluding hydrogens is 182 g/mol. The summed E-state index contributed by atoms with van der Waals surface area (Å²) >= 11 is 0. The van der Waals surface area contributed by atoms with Crippen LogP contribution in [0.3, 0.4) is 0 Å². The first-order valence-electron chi connectivity index (χ1n) is 4.31.